The summed E-state index contributed by atoms with van der Waals surface area (Å²) in [6, 6.07) is 12.1. The lowest BCUT2D eigenvalue weighted by Crippen LogP contribution is -2.47. The van der Waals surface area contributed by atoms with Crippen molar-refractivity contribution in [1.29, 1.82) is 0 Å². The summed E-state index contributed by atoms with van der Waals surface area (Å²) in [7, 11) is -2.06. The Morgan fingerprint density at radius 3 is 2.20 bits per heavy atom. The molecule has 0 saturated heterocycles. The lowest BCUT2D eigenvalue weighted by molar-refractivity contribution is -0.139. The molecule has 3 aromatic rings. The molecule has 0 saturated carbocycles. The lowest BCUT2D eigenvalue weighted by Gasteiger charge is -2.42. The van der Waals surface area contributed by atoms with Crippen molar-refractivity contribution in [2.24, 2.45) is 0 Å². The van der Waals surface area contributed by atoms with Gasteiger partial charge in [0.1, 0.15) is 5.75 Å². The molecule has 2 N–H and O–H groups in total. The number of para-hydroxylation sites is 1. The summed E-state index contributed by atoms with van der Waals surface area (Å²) >= 11 is 0. The molecule has 2 aromatic carbocycles. The number of nitrogens with one attached hydrogen (secondary N) is 1. The third kappa shape index (κ3) is 3.98. The van der Waals surface area contributed by atoms with Crippen molar-refractivity contribution in [3.8, 4) is 5.75 Å². The molecule has 3 rings (SSSR count). The Labute approximate surface area is 179 Å². The van der Waals surface area contributed by atoms with Crippen LogP contribution in [0.25, 0.3) is 21.8 Å². The molecule has 30 heavy (non-hydrogen) atoms. The van der Waals surface area contributed by atoms with E-state index in [0.29, 0.717) is 29.0 Å². The van der Waals surface area contributed by atoms with Gasteiger partial charge in [-0.25, -0.2) is 4.79 Å². The van der Waals surface area contributed by atoms with Gasteiger partial charge in [0.2, 0.25) is 8.32 Å². The van der Waals surface area contributed by atoms with Gasteiger partial charge in [0.05, 0.1) is 12.1 Å². The van der Waals surface area contributed by atoms with Crippen molar-refractivity contribution in [3.05, 3.63) is 42.0 Å². The van der Waals surface area contributed by atoms with E-state index in [4.69, 9.17) is 9.16 Å². The standard InChI is InChI=1S/C24H33NO4Si/c1-15(2)30(16(3)4,17(5)6)29-13-18-11-12-20-19-9-7-8-10-21(19)25-23(20)24(18)28-14-22(26)27/h7-12,15-17,25H,13-14H2,1-6H3,(H,26,27). The Bertz CT molecular complexity index is 1020. The average Bonchev–Trinajstić information content (AvgIpc) is 3.05. The van der Waals surface area contributed by atoms with Gasteiger partial charge in [-0.3, -0.25) is 0 Å². The van der Waals surface area contributed by atoms with E-state index < -0.39 is 14.3 Å². The number of rotatable bonds is 9. The largest absolute Gasteiger partial charge is 0.479 e. The molecule has 6 heteroatoms. The first-order valence-electron chi connectivity index (χ1n) is 10.7. The number of hydrogen-bond donors (Lipinski definition) is 2. The fraction of sp³-hybridized carbons (Fsp3) is 0.458. The second-order valence-electron chi connectivity index (χ2n) is 8.94. The minimum Gasteiger partial charge on any atom is -0.479 e. The zero-order valence-electron chi connectivity index (χ0n) is 18.8. The first kappa shape index (κ1) is 22.4. The van der Waals surface area contributed by atoms with Gasteiger partial charge in [-0.15, -0.1) is 0 Å². The topological polar surface area (TPSA) is 71.5 Å². The van der Waals surface area contributed by atoms with Crippen molar-refractivity contribution in [2.45, 2.75) is 64.8 Å². The molecule has 0 fully saturated rings. The first-order valence-corrected chi connectivity index (χ1v) is 12.8. The molecule has 0 aliphatic carbocycles. The van der Waals surface area contributed by atoms with Crippen LogP contribution in [0.15, 0.2) is 36.4 Å². The van der Waals surface area contributed by atoms with Gasteiger partial charge in [-0.2, -0.15) is 0 Å². The molecule has 0 radical (unpaired) electrons. The van der Waals surface area contributed by atoms with Crippen molar-refractivity contribution in [2.75, 3.05) is 6.61 Å². The van der Waals surface area contributed by atoms with Crippen molar-refractivity contribution >= 4 is 36.1 Å². The Balaban J connectivity index is 2.07. The van der Waals surface area contributed by atoms with Gasteiger partial charge in [0.15, 0.2) is 6.61 Å². The van der Waals surface area contributed by atoms with Gasteiger partial charge in [-0.05, 0) is 22.7 Å². The van der Waals surface area contributed by atoms with E-state index in [9.17, 15) is 9.90 Å². The minimum absolute atomic E-state index is 0.386. The van der Waals surface area contributed by atoms with E-state index in [1.807, 2.05) is 24.3 Å². The summed E-state index contributed by atoms with van der Waals surface area (Å²) in [6.07, 6.45) is 0. The van der Waals surface area contributed by atoms with Gasteiger partial charge in [-0.1, -0.05) is 71.9 Å². The van der Waals surface area contributed by atoms with Gasteiger partial charge in [0.25, 0.3) is 0 Å². The maximum Gasteiger partial charge on any atom is 0.341 e. The molecule has 0 unspecified atom stereocenters. The molecule has 0 atom stereocenters. The Hall–Kier alpha value is -2.31. The van der Waals surface area contributed by atoms with Gasteiger partial charge in [0, 0.05) is 21.9 Å². The normalized spacial score (nSPS) is 12.6. The predicted molar refractivity (Wildman–Crippen MR) is 125 cm³/mol. The highest BCUT2D eigenvalue weighted by molar-refractivity contribution is 6.77. The number of carbonyl (C=O) groups is 1. The second-order valence-corrected chi connectivity index (χ2v) is 14.4. The smallest absolute Gasteiger partial charge is 0.341 e. The summed E-state index contributed by atoms with van der Waals surface area (Å²) in [4.78, 5) is 14.6. The number of aromatic amines is 1. The van der Waals surface area contributed by atoms with Crippen LogP contribution in [0.2, 0.25) is 16.6 Å². The van der Waals surface area contributed by atoms with Crippen LogP contribution >= 0.6 is 0 Å². The maximum absolute atomic E-state index is 11.2. The van der Waals surface area contributed by atoms with Crippen molar-refractivity contribution in [3.63, 3.8) is 0 Å². The quantitative estimate of drug-likeness (QED) is 0.384. The van der Waals surface area contributed by atoms with Crippen LogP contribution in [0.4, 0.5) is 0 Å². The molecule has 5 nitrogen and oxygen atoms in total. The number of carboxylic acids is 1. The maximum atomic E-state index is 11.2. The monoisotopic (exact) mass is 427 g/mol. The highest BCUT2D eigenvalue weighted by Gasteiger charge is 2.45. The number of hydrogen-bond acceptors (Lipinski definition) is 3. The predicted octanol–water partition coefficient (Wildman–Crippen LogP) is 6.48. The van der Waals surface area contributed by atoms with Crippen LogP contribution in [-0.4, -0.2) is 31.0 Å². The van der Waals surface area contributed by atoms with E-state index >= 15 is 0 Å². The van der Waals surface area contributed by atoms with Crippen molar-refractivity contribution < 1.29 is 19.1 Å². The summed E-state index contributed by atoms with van der Waals surface area (Å²) in [6.45, 7) is 13.6. The van der Waals surface area contributed by atoms with Crippen LogP contribution in [0, 0.1) is 0 Å². The van der Waals surface area contributed by atoms with Crippen LogP contribution in [-0.2, 0) is 15.8 Å². The zero-order valence-corrected chi connectivity index (χ0v) is 19.8. The minimum atomic E-state index is -2.06. The molecule has 1 aromatic heterocycles. The number of ether oxygens (including phenoxy) is 1. The molecule has 0 bridgehead atoms. The number of aliphatic carboxylic acids is 1. The second kappa shape index (κ2) is 8.82. The molecule has 162 valence electrons. The average molecular weight is 428 g/mol. The highest BCUT2D eigenvalue weighted by Crippen LogP contribution is 2.44. The van der Waals surface area contributed by atoms with E-state index in [-0.39, 0.29) is 6.61 Å². The third-order valence-corrected chi connectivity index (χ3v) is 12.3. The number of H-pyrrole nitrogens is 1. The molecule has 0 aliphatic heterocycles. The van der Waals surface area contributed by atoms with E-state index in [1.54, 1.807) is 0 Å². The van der Waals surface area contributed by atoms with Gasteiger partial charge >= 0.3 is 5.97 Å². The molecule has 0 aliphatic rings. The van der Waals surface area contributed by atoms with E-state index in [2.05, 4.69) is 58.7 Å². The fourth-order valence-corrected chi connectivity index (χ4v) is 10.5. The number of carboxylic acid groups (broad SMARTS) is 1. The van der Waals surface area contributed by atoms with Crippen LogP contribution in [0.1, 0.15) is 47.1 Å². The first-order chi connectivity index (χ1) is 14.2. The highest BCUT2D eigenvalue weighted by atomic mass is 28.4. The van der Waals surface area contributed by atoms with Crippen LogP contribution in [0.5, 0.6) is 5.75 Å². The van der Waals surface area contributed by atoms with Crippen molar-refractivity contribution in [1.82, 2.24) is 4.98 Å². The Morgan fingerprint density at radius 1 is 0.967 bits per heavy atom. The number of aromatic nitrogens is 1. The number of fused-ring (bicyclic) bond motifs is 3. The van der Waals surface area contributed by atoms with Crippen LogP contribution < -0.4 is 4.74 Å². The van der Waals surface area contributed by atoms with Crippen LogP contribution in [0.3, 0.4) is 0 Å². The molecular formula is C24H33NO4Si. The van der Waals surface area contributed by atoms with E-state index in [0.717, 1.165) is 27.4 Å². The summed E-state index contributed by atoms with van der Waals surface area (Å²) < 4.78 is 12.6. The molecule has 0 amide bonds. The fourth-order valence-electron chi connectivity index (χ4n) is 5.05. The molecule has 1 heterocycles. The molecule has 0 spiro atoms. The molecular weight excluding hydrogens is 394 g/mol. The lowest BCUT2D eigenvalue weighted by atomic mass is 10.1. The summed E-state index contributed by atoms with van der Waals surface area (Å²) in [5, 5.41) is 11.3. The summed E-state index contributed by atoms with van der Waals surface area (Å²) in [5.74, 6) is -0.421. The third-order valence-electron chi connectivity index (χ3n) is 6.24. The van der Waals surface area contributed by atoms with E-state index in [1.165, 1.54) is 0 Å². The number of benzene rings is 2. The van der Waals surface area contributed by atoms with Gasteiger partial charge < -0.3 is 19.3 Å². The SMILES string of the molecule is CC(C)[Si](OCc1ccc2c([nH]c3ccccc32)c1OCC(=O)O)(C(C)C)C(C)C. The Morgan fingerprint density at radius 2 is 1.60 bits per heavy atom. The zero-order chi connectivity index (χ0) is 22.1. The Kier molecular flexibility index (Phi) is 6.58. The summed E-state index contributed by atoms with van der Waals surface area (Å²) in [5.41, 5.74) is 4.12.